The lowest BCUT2D eigenvalue weighted by Gasteiger charge is -2.30. The van der Waals surface area contributed by atoms with Gasteiger partial charge >= 0.3 is 5.97 Å². The minimum atomic E-state index is -3.81. The second-order valence-corrected chi connectivity index (χ2v) is 10.9. The van der Waals surface area contributed by atoms with E-state index in [-0.39, 0.29) is 23.3 Å². The molecule has 0 aliphatic heterocycles. The highest BCUT2D eigenvalue weighted by atomic mass is 32.2. The van der Waals surface area contributed by atoms with E-state index < -0.39 is 10.0 Å². The summed E-state index contributed by atoms with van der Waals surface area (Å²) in [5, 5.41) is 0.710. The van der Waals surface area contributed by atoms with Crippen LogP contribution in [-0.4, -0.2) is 39.5 Å². The average molecular weight is 495 g/mol. The summed E-state index contributed by atoms with van der Waals surface area (Å²) in [5.74, 6) is 1.04. The third-order valence-corrected chi connectivity index (χ3v) is 8.75. The van der Waals surface area contributed by atoms with E-state index in [1.807, 2.05) is 0 Å². The molecule has 9 heteroatoms. The van der Waals surface area contributed by atoms with Crippen LogP contribution in [-0.2, 0) is 26.0 Å². The number of esters is 1. The Morgan fingerprint density at radius 1 is 1.09 bits per heavy atom. The first-order chi connectivity index (χ1) is 16.9. The van der Waals surface area contributed by atoms with Crippen molar-refractivity contribution < 1.29 is 17.9 Å². The van der Waals surface area contributed by atoms with E-state index in [9.17, 15) is 13.2 Å². The summed E-state index contributed by atoms with van der Waals surface area (Å²) < 4.78 is 35.3. The molecule has 5 rings (SSSR count). The Kier molecular flexibility index (Phi) is 6.35. The summed E-state index contributed by atoms with van der Waals surface area (Å²) in [5.41, 5.74) is 1.84. The van der Waals surface area contributed by atoms with Gasteiger partial charge in [-0.25, -0.2) is 22.4 Å². The van der Waals surface area contributed by atoms with Gasteiger partial charge in [0, 0.05) is 17.6 Å². The average Bonchev–Trinajstić information content (AvgIpc) is 3.46. The van der Waals surface area contributed by atoms with E-state index in [2.05, 4.69) is 16.5 Å². The van der Waals surface area contributed by atoms with Crippen LogP contribution in [0.5, 0.6) is 0 Å². The van der Waals surface area contributed by atoms with Gasteiger partial charge in [0.15, 0.2) is 5.65 Å². The van der Waals surface area contributed by atoms with Gasteiger partial charge in [0.1, 0.15) is 17.8 Å². The maximum Gasteiger partial charge on any atom is 0.313 e. The zero-order chi connectivity index (χ0) is 24.6. The molecule has 0 bridgehead atoms. The first-order valence-electron chi connectivity index (χ1n) is 12.3. The van der Waals surface area contributed by atoms with E-state index in [1.54, 1.807) is 55.7 Å². The van der Waals surface area contributed by atoms with Crippen molar-refractivity contribution >= 4 is 38.1 Å². The monoisotopic (exact) mass is 494 g/mol. The summed E-state index contributed by atoms with van der Waals surface area (Å²) >= 11 is 0. The number of nitrogens with zero attached hydrogens (tertiary/aromatic N) is 4. The number of aromatic nitrogens is 4. The number of carbonyl (C=O) groups is 1. The fourth-order valence-electron chi connectivity index (χ4n) is 5.27. The predicted octanol–water partition coefficient (Wildman–Crippen LogP) is 4.87. The van der Waals surface area contributed by atoms with Crippen LogP contribution in [0.4, 0.5) is 0 Å². The molecule has 1 saturated carbocycles. The quantitative estimate of drug-likeness (QED) is 0.340. The van der Waals surface area contributed by atoms with Crippen molar-refractivity contribution in [1.29, 1.82) is 0 Å². The highest BCUT2D eigenvalue weighted by molar-refractivity contribution is 7.90. The van der Waals surface area contributed by atoms with Crippen molar-refractivity contribution in [3.8, 4) is 0 Å². The highest BCUT2D eigenvalue weighted by Gasteiger charge is 2.28. The molecule has 184 valence electrons. The van der Waals surface area contributed by atoms with Crippen LogP contribution in [0.3, 0.4) is 0 Å². The Morgan fingerprint density at radius 2 is 1.83 bits per heavy atom. The molecule has 35 heavy (non-hydrogen) atoms. The molecule has 0 saturated heterocycles. The molecular weight excluding hydrogens is 464 g/mol. The molecule has 0 spiro atoms. The molecule has 4 aromatic rings. The third kappa shape index (κ3) is 4.22. The summed E-state index contributed by atoms with van der Waals surface area (Å²) in [6, 6.07) is 10.3. The zero-order valence-electron chi connectivity index (χ0n) is 20.1. The van der Waals surface area contributed by atoms with Crippen LogP contribution in [0.25, 0.3) is 22.1 Å². The zero-order valence-corrected chi connectivity index (χ0v) is 20.9. The van der Waals surface area contributed by atoms with E-state index >= 15 is 0 Å². The molecular formula is C26H30N4O4S. The van der Waals surface area contributed by atoms with Crippen LogP contribution in [0.2, 0.25) is 0 Å². The summed E-state index contributed by atoms with van der Waals surface area (Å²) in [6.07, 6.45) is 8.63. The second-order valence-electron chi connectivity index (χ2n) is 9.12. The number of hydrogen-bond acceptors (Lipinski definition) is 6. The number of fused-ring (bicyclic) bond motifs is 3. The minimum absolute atomic E-state index is 0.0702. The molecule has 3 aromatic heterocycles. The van der Waals surface area contributed by atoms with Gasteiger partial charge in [-0.3, -0.25) is 4.79 Å². The van der Waals surface area contributed by atoms with Gasteiger partial charge in [0.2, 0.25) is 0 Å². The summed E-state index contributed by atoms with van der Waals surface area (Å²) in [4.78, 5) is 21.9. The van der Waals surface area contributed by atoms with Crippen molar-refractivity contribution in [2.45, 2.75) is 63.3 Å². The van der Waals surface area contributed by atoms with Crippen molar-refractivity contribution in [2.24, 2.45) is 5.92 Å². The summed E-state index contributed by atoms with van der Waals surface area (Å²) in [6.45, 7) is 4.33. The SMILES string of the molecule is CCOC(=O)Cc1nc2cnc3c(ccn3S(=O)(=O)c3ccccc3)c2n1C1CCC(CC)CC1. The highest BCUT2D eigenvalue weighted by Crippen LogP contribution is 2.38. The topological polar surface area (TPSA) is 96.1 Å². The largest absolute Gasteiger partial charge is 0.466 e. The van der Waals surface area contributed by atoms with Gasteiger partial charge in [-0.2, -0.15) is 0 Å². The maximum atomic E-state index is 13.4. The lowest BCUT2D eigenvalue weighted by molar-refractivity contribution is -0.142. The summed E-state index contributed by atoms with van der Waals surface area (Å²) in [7, 11) is -3.81. The first kappa shape index (κ1) is 23.5. The molecule has 0 unspecified atom stereocenters. The lowest BCUT2D eigenvalue weighted by atomic mass is 9.84. The fraction of sp³-hybridized carbons (Fsp3) is 0.423. The fourth-order valence-corrected chi connectivity index (χ4v) is 6.59. The second kappa shape index (κ2) is 9.45. The smallest absolute Gasteiger partial charge is 0.313 e. The molecule has 1 aliphatic carbocycles. The Balaban J connectivity index is 1.67. The molecule has 1 aromatic carbocycles. The van der Waals surface area contributed by atoms with Crippen LogP contribution in [0.15, 0.2) is 53.7 Å². The van der Waals surface area contributed by atoms with Crippen molar-refractivity contribution in [1.82, 2.24) is 18.5 Å². The van der Waals surface area contributed by atoms with Gasteiger partial charge in [-0.15, -0.1) is 0 Å². The molecule has 0 atom stereocenters. The molecule has 1 fully saturated rings. The molecule has 3 heterocycles. The predicted molar refractivity (Wildman–Crippen MR) is 134 cm³/mol. The van der Waals surface area contributed by atoms with E-state index in [0.29, 0.717) is 34.9 Å². The Bertz CT molecular complexity index is 1470. The third-order valence-electron chi connectivity index (χ3n) is 7.07. The van der Waals surface area contributed by atoms with Crippen molar-refractivity contribution in [3.63, 3.8) is 0 Å². The van der Waals surface area contributed by atoms with Crippen LogP contribution >= 0.6 is 0 Å². The van der Waals surface area contributed by atoms with E-state index in [4.69, 9.17) is 9.72 Å². The first-order valence-corrected chi connectivity index (χ1v) is 13.7. The normalized spacial score (nSPS) is 18.8. The van der Waals surface area contributed by atoms with Gasteiger partial charge < -0.3 is 9.30 Å². The molecule has 0 amide bonds. The van der Waals surface area contributed by atoms with Crippen molar-refractivity contribution in [3.05, 3.63) is 54.6 Å². The van der Waals surface area contributed by atoms with Gasteiger partial charge in [-0.05, 0) is 56.7 Å². The number of hydrogen-bond donors (Lipinski definition) is 0. The Labute approximate surface area is 205 Å². The standard InChI is InChI=1S/C26H30N4O4S/c1-3-18-10-12-19(13-11-18)30-23(16-24(31)34-4-2)28-22-17-27-26-21(25(22)30)14-15-29(26)35(32,33)20-8-6-5-7-9-20/h5-9,14-15,17-19H,3-4,10-13,16H2,1-2H3. The van der Waals surface area contributed by atoms with Gasteiger partial charge in [-0.1, -0.05) is 31.5 Å². The van der Waals surface area contributed by atoms with E-state index in [1.165, 1.54) is 10.4 Å². The molecule has 8 nitrogen and oxygen atoms in total. The Morgan fingerprint density at radius 3 is 2.51 bits per heavy atom. The Hall–Kier alpha value is -3.20. The number of imidazole rings is 1. The van der Waals surface area contributed by atoms with Gasteiger partial charge in [0.25, 0.3) is 10.0 Å². The van der Waals surface area contributed by atoms with Crippen LogP contribution < -0.4 is 0 Å². The van der Waals surface area contributed by atoms with Crippen molar-refractivity contribution in [2.75, 3.05) is 6.61 Å². The number of ether oxygens (including phenoxy) is 1. The lowest BCUT2D eigenvalue weighted by Crippen LogP contribution is -2.21. The number of rotatable bonds is 7. The molecule has 1 aliphatic rings. The van der Waals surface area contributed by atoms with Crippen LogP contribution in [0.1, 0.15) is 57.8 Å². The maximum absolute atomic E-state index is 13.4. The number of carbonyl (C=O) groups excluding carboxylic acids is 1. The van der Waals surface area contributed by atoms with E-state index in [0.717, 1.165) is 31.2 Å². The van der Waals surface area contributed by atoms with Gasteiger partial charge in [0.05, 0.1) is 23.2 Å². The van der Waals surface area contributed by atoms with Crippen LogP contribution in [0, 0.1) is 5.92 Å². The number of benzene rings is 1. The molecule has 0 N–H and O–H groups in total. The molecule has 0 radical (unpaired) electrons. The number of pyridine rings is 1. The minimum Gasteiger partial charge on any atom is -0.466 e.